The van der Waals surface area contributed by atoms with Crippen LogP contribution in [0.4, 0.5) is 0 Å². The van der Waals surface area contributed by atoms with Crippen LogP contribution in [-0.4, -0.2) is 15.1 Å². The number of aromatic nitrogens is 2. The molecule has 70 valence electrons. The Labute approximate surface area is 95.0 Å². The molecule has 0 aliphatic heterocycles. The Morgan fingerprint density at radius 1 is 1.07 bits per heavy atom. The molecule has 0 saturated carbocycles. The Kier molecular flexibility index (Phi) is 2.62. The van der Waals surface area contributed by atoms with Crippen molar-refractivity contribution in [1.29, 1.82) is 0 Å². The Hall–Kier alpha value is -1.17. The van der Waals surface area contributed by atoms with Crippen molar-refractivity contribution in [3.63, 3.8) is 0 Å². The quantitative estimate of drug-likeness (QED) is 0.650. The molecule has 14 heavy (non-hydrogen) atoms. The van der Waals surface area contributed by atoms with E-state index in [2.05, 4.69) is 9.97 Å². The van der Waals surface area contributed by atoms with Crippen LogP contribution in [0.2, 0.25) is 0 Å². The van der Waals surface area contributed by atoms with E-state index in [9.17, 15) is 5.11 Å². The molecule has 0 aliphatic rings. The highest BCUT2D eigenvalue weighted by Crippen LogP contribution is 2.28. The predicted octanol–water partition coefficient (Wildman–Crippen LogP) is 2.45. The lowest BCUT2D eigenvalue weighted by Crippen LogP contribution is -1.89. The molecule has 0 atom stereocenters. The summed E-state index contributed by atoms with van der Waals surface area (Å²) in [5, 5.41) is 9.72. The third-order valence-electron chi connectivity index (χ3n) is 1.82. The first kappa shape index (κ1) is 9.39. The van der Waals surface area contributed by atoms with Gasteiger partial charge in [0.1, 0.15) is 15.7 Å². The van der Waals surface area contributed by atoms with Gasteiger partial charge in [-0.1, -0.05) is 30.3 Å². The maximum Gasteiger partial charge on any atom is 0.174 e. The lowest BCUT2D eigenvalue weighted by Gasteiger charge is -2.03. The zero-order valence-electron chi connectivity index (χ0n) is 7.18. The second-order valence-electron chi connectivity index (χ2n) is 2.73. The summed E-state index contributed by atoms with van der Waals surface area (Å²) in [6.45, 7) is 0. The Morgan fingerprint density at radius 2 is 1.79 bits per heavy atom. The molecule has 2 rings (SSSR count). The monoisotopic (exact) mass is 298 g/mol. The molecule has 0 aliphatic carbocycles. The van der Waals surface area contributed by atoms with E-state index < -0.39 is 0 Å². The number of aromatic hydroxyl groups is 1. The fourth-order valence-electron chi connectivity index (χ4n) is 1.16. The highest BCUT2D eigenvalue weighted by molar-refractivity contribution is 14.1. The third kappa shape index (κ3) is 1.70. The molecular weight excluding hydrogens is 291 g/mol. The van der Waals surface area contributed by atoms with Crippen LogP contribution in [0.5, 0.6) is 5.75 Å². The Bertz CT molecular complexity index is 445. The van der Waals surface area contributed by atoms with E-state index >= 15 is 0 Å². The Morgan fingerprint density at radius 3 is 2.50 bits per heavy atom. The molecule has 0 unspecified atom stereocenters. The summed E-state index contributed by atoms with van der Waals surface area (Å²) < 4.78 is 0.566. The van der Waals surface area contributed by atoms with Crippen LogP contribution in [-0.2, 0) is 0 Å². The zero-order valence-corrected chi connectivity index (χ0v) is 9.34. The molecule has 0 saturated heterocycles. The van der Waals surface area contributed by atoms with Gasteiger partial charge in [-0.2, -0.15) is 0 Å². The minimum Gasteiger partial charge on any atom is -0.503 e. The number of benzene rings is 1. The molecule has 3 nitrogen and oxygen atoms in total. The average Bonchev–Trinajstić information content (AvgIpc) is 2.23. The number of hydrogen-bond acceptors (Lipinski definition) is 3. The van der Waals surface area contributed by atoms with E-state index in [0.717, 1.165) is 5.56 Å². The fourth-order valence-corrected chi connectivity index (χ4v) is 1.54. The molecule has 0 bridgehead atoms. The Balaban J connectivity index is 2.58. The number of nitrogens with zero attached hydrogens (tertiary/aromatic N) is 2. The van der Waals surface area contributed by atoms with Crippen molar-refractivity contribution in [2.45, 2.75) is 0 Å². The van der Waals surface area contributed by atoms with Gasteiger partial charge in [0.05, 0.1) is 0 Å². The van der Waals surface area contributed by atoms with Gasteiger partial charge in [0.2, 0.25) is 0 Å². The summed E-state index contributed by atoms with van der Waals surface area (Å²) in [6, 6.07) is 9.54. The van der Waals surface area contributed by atoms with Gasteiger partial charge in [-0.05, 0) is 22.6 Å². The van der Waals surface area contributed by atoms with Crippen LogP contribution in [0.15, 0.2) is 36.7 Å². The summed E-state index contributed by atoms with van der Waals surface area (Å²) >= 11 is 1.98. The van der Waals surface area contributed by atoms with E-state index in [1.165, 1.54) is 6.33 Å². The molecule has 1 heterocycles. The first-order valence-electron chi connectivity index (χ1n) is 4.04. The number of hydrogen-bond donors (Lipinski definition) is 1. The topological polar surface area (TPSA) is 46.0 Å². The SMILES string of the molecule is Oc1c(I)ncnc1-c1ccccc1. The largest absolute Gasteiger partial charge is 0.503 e. The zero-order chi connectivity index (χ0) is 9.97. The van der Waals surface area contributed by atoms with Crippen LogP contribution < -0.4 is 0 Å². The third-order valence-corrected chi connectivity index (χ3v) is 2.61. The highest BCUT2D eigenvalue weighted by atomic mass is 127. The summed E-state index contributed by atoms with van der Waals surface area (Å²) in [5.74, 6) is 0.138. The molecule has 0 spiro atoms. The minimum atomic E-state index is 0.138. The van der Waals surface area contributed by atoms with Crippen molar-refractivity contribution < 1.29 is 5.11 Å². The van der Waals surface area contributed by atoms with Gasteiger partial charge >= 0.3 is 0 Å². The first-order chi connectivity index (χ1) is 6.79. The van der Waals surface area contributed by atoms with E-state index in [4.69, 9.17) is 0 Å². The van der Waals surface area contributed by atoms with Gasteiger partial charge < -0.3 is 5.11 Å². The molecule has 2 aromatic rings. The predicted molar refractivity (Wildman–Crippen MR) is 61.8 cm³/mol. The van der Waals surface area contributed by atoms with Crippen molar-refractivity contribution in [1.82, 2.24) is 9.97 Å². The van der Waals surface area contributed by atoms with E-state index in [-0.39, 0.29) is 5.75 Å². The van der Waals surface area contributed by atoms with Gasteiger partial charge in [0.15, 0.2) is 5.75 Å². The van der Waals surface area contributed by atoms with E-state index in [1.807, 2.05) is 52.9 Å². The van der Waals surface area contributed by atoms with Gasteiger partial charge in [0.25, 0.3) is 0 Å². The molecule has 1 N–H and O–H groups in total. The van der Waals surface area contributed by atoms with Crippen LogP contribution in [0, 0.1) is 3.70 Å². The first-order valence-corrected chi connectivity index (χ1v) is 5.12. The normalized spacial score (nSPS) is 10.1. The van der Waals surface area contributed by atoms with Gasteiger partial charge in [0, 0.05) is 5.56 Å². The molecular formula is C10H7IN2O. The second kappa shape index (κ2) is 3.91. The maximum absolute atomic E-state index is 9.72. The van der Waals surface area contributed by atoms with Crippen LogP contribution in [0.25, 0.3) is 11.3 Å². The number of halogens is 1. The van der Waals surface area contributed by atoms with Crippen molar-refractivity contribution in [2.24, 2.45) is 0 Å². The summed E-state index contributed by atoms with van der Waals surface area (Å²) in [6.07, 6.45) is 1.45. The van der Waals surface area contributed by atoms with Gasteiger partial charge in [-0.25, -0.2) is 9.97 Å². The minimum absolute atomic E-state index is 0.138. The van der Waals surface area contributed by atoms with Crippen molar-refractivity contribution in [3.8, 4) is 17.0 Å². The lowest BCUT2D eigenvalue weighted by molar-refractivity contribution is 0.467. The molecule has 1 aromatic carbocycles. The highest BCUT2D eigenvalue weighted by Gasteiger charge is 2.08. The van der Waals surface area contributed by atoms with Crippen LogP contribution in [0.3, 0.4) is 0 Å². The van der Waals surface area contributed by atoms with E-state index in [0.29, 0.717) is 9.39 Å². The van der Waals surface area contributed by atoms with Crippen LogP contribution in [0.1, 0.15) is 0 Å². The molecule has 1 aromatic heterocycles. The summed E-state index contributed by atoms with van der Waals surface area (Å²) in [7, 11) is 0. The smallest absolute Gasteiger partial charge is 0.174 e. The maximum atomic E-state index is 9.72. The molecule has 0 fully saturated rings. The van der Waals surface area contributed by atoms with Crippen molar-refractivity contribution >= 4 is 22.6 Å². The van der Waals surface area contributed by atoms with Crippen LogP contribution >= 0.6 is 22.6 Å². The second-order valence-corrected chi connectivity index (χ2v) is 3.75. The van der Waals surface area contributed by atoms with Crippen molar-refractivity contribution in [2.75, 3.05) is 0 Å². The molecule has 0 amide bonds. The van der Waals surface area contributed by atoms with Gasteiger partial charge in [-0.3, -0.25) is 0 Å². The van der Waals surface area contributed by atoms with E-state index in [1.54, 1.807) is 0 Å². The molecule has 0 radical (unpaired) electrons. The van der Waals surface area contributed by atoms with Gasteiger partial charge in [-0.15, -0.1) is 0 Å². The molecule has 4 heteroatoms. The number of rotatable bonds is 1. The average molecular weight is 298 g/mol. The fraction of sp³-hybridized carbons (Fsp3) is 0. The lowest BCUT2D eigenvalue weighted by atomic mass is 10.1. The summed E-state index contributed by atoms with van der Waals surface area (Å²) in [5.41, 5.74) is 1.47. The summed E-state index contributed by atoms with van der Waals surface area (Å²) in [4.78, 5) is 7.93. The van der Waals surface area contributed by atoms with Crippen molar-refractivity contribution in [3.05, 3.63) is 40.4 Å². The standard InChI is InChI=1S/C10H7IN2O/c11-10-9(14)8(12-6-13-10)7-4-2-1-3-5-7/h1-6,14H.